The van der Waals surface area contributed by atoms with Crippen molar-refractivity contribution in [3.63, 3.8) is 0 Å². The highest BCUT2D eigenvalue weighted by atomic mass is 16.5. The summed E-state index contributed by atoms with van der Waals surface area (Å²) in [5.41, 5.74) is 7.12. The zero-order valence-electron chi connectivity index (χ0n) is 10.3. The molecule has 16 heavy (non-hydrogen) atoms. The Morgan fingerprint density at radius 1 is 1.25 bits per heavy atom. The van der Waals surface area contributed by atoms with E-state index in [2.05, 4.69) is 6.92 Å². The van der Waals surface area contributed by atoms with Crippen molar-refractivity contribution in [1.29, 1.82) is 0 Å². The van der Waals surface area contributed by atoms with Gasteiger partial charge in [-0.15, -0.1) is 0 Å². The summed E-state index contributed by atoms with van der Waals surface area (Å²) in [5.74, 6) is 1.57. The molecule has 1 aromatic rings. The van der Waals surface area contributed by atoms with Gasteiger partial charge in [0.2, 0.25) is 0 Å². The van der Waals surface area contributed by atoms with Crippen molar-refractivity contribution >= 4 is 0 Å². The molecule has 0 saturated heterocycles. The van der Waals surface area contributed by atoms with E-state index >= 15 is 0 Å². The summed E-state index contributed by atoms with van der Waals surface area (Å²) in [5, 5.41) is 0. The van der Waals surface area contributed by atoms with E-state index in [1.807, 2.05) is 25.1 Å². The van der Waals surface area contributed by atoms with Crippen molar-refractivity contribution < 1.29 is 9.47 Å². The first kappa shape index (κ1) is 12.8. The first-order valence-corrected chi connectivity index (χ1v) is 5.76. The molecule has 0 aliphatic rings. The summed E-state index contributed by atoms with van der Waals surface area (Å²) in [6, 6.07) is 6.19. The average Bonchev–Trinajstić information content (AvgIpc) is 2.30. The minimum absolute atomic E-state index is 0.211. The van der Waals surface area contributed by atoms with Crippen LogP contribution in [0.3, 0.4) is 0 Å². The Labute approximate surface area is 97.6 Å². The molecule has 0 aliphatic carbocycles. The molecular weight excluding hydrogens is 202 g/mol. The van der Waals surface area contributed by atoms with Crippen molar-refractivity contribution in [2.24, 2.45) is 5.73 Å². The van der Waals surface area contributed by atoms with Gasteiger partial charge in [0.05, 0.1) is 13.7 Å². The van der Waals surface area contributed by atoms with E-state index in [-0.39, 0.29) is 6.04 Å². The predicted octanol–water partition coefficient (Wildman–Crippen LogP) is 2.37. The zero-order chi connectivity index (χ0) is 12.0. The smallest absolute Gasteiger partial charge is 0.161 e. The molecule has 3 nitrogen and oxygen atoms in total. The van der Waals surface area contributed by atoms with Crippen LogP contribution >= 0.6 is 0 Å². The van der Waals surface area contributed by atoms with Crippen LogP contribution in [-0.4, -0.2) is 19.8 Å². The van der Waals surface area contributed by atoms with E-state index < -0.39 is 0 Å². The fourth-order valence-electron chi connectivity index (χ4n) is 1.56. The van der Waals surface area contributed by atoms with Crippen LogP contribution in [-0.2, 0) is 6.42 Å². The van der Waals surface area contributed by atoms with Gasteiger partial charge in [0, 0.05) is 6.04 Å². The standard InChI is InChI=1S/C13H21NO2/c1-4-11(14)8-10-6-7-12(15-3)13(9-10)16-5-2/h6-7,9,11H,4-5,8,14H2,1-3H3. The maximum atomic E-state index is 5.93. The highest BCUT2D eigenvalue weighted by Gasteiger charge is 2.07. The van der Waals surface area contributed by atoms with Crippen LogP contribution in [0.5, 0.6) is 11.5 Å². The number of rotatable bonds is 6. The Balaban J connectivity index is 2.84. The number of hydrogen-bond donors (Lipinski definition) is 1. The molecule has 0 amide bonds. The third-order valence-electron chi connectivity index (χ3n) is 2.55. The molecule has 0 aliphatic heterocycles. The van der Waals surface area contributed by atoms with E-state index in [9.17, 15) is 0 Å². The summed E-state index contributed by atoms with van der Waals surface area (Å²) in [6.07, 6.45) is 1.86. The fourth-order valence-corrected chi connectivity index (χ4v) is 1.56. The summed E-state index contributed by atoms with van der Waals surface area (Å²) in [6.45, 7) is 4.70. The number of methoxy groups -OCH3 is 1. The van der Waals surface area contributed by atoms with E-state index in [0.717, 1.165) is 24.3 Å². The normalized spacial score (nSPS) is 12.2. The molecule has 3 heteroatoms. The molecule has 90 valence electrons. The average molecular weight is 223 g/mol. The Hall–Kier alpha value is -1.22. The van der Waals surface area contributed by atoms with Crippen molar-refractivity contribution in [2.45, 2.75) is 32.7 Å². The second-order valence-corrected chi connectivity index (χ2v) is 3.79. The van der Waals surface area contributed by atoms with Crippen LogP contribution in [0.25, 0.3) is 0 Å². The minimum Gasteiger partial charge on any atom is -0.493 e. The van der Waals surface area contributed by atoms with Crippen LogP contribution in [0, 0.1) is 0 Å². The van der Waals surface area contributed by atoms with E-state index in [4.69, 9.17) is 15.2 Å². The van der Waals surface area contributed by atoms with Crippen LogP contribution in [0.4, 0.5) is 0 Å². The molecular formula is C13H21NO2. The lowest BCUT2D eigenvalue weighted by Gasteiger charge is -2.13. The molecule has 0 spiro atoms. The molecule has 1 atom stereocenters. The first-order valence-electron chi connectivity index (χ1n) is 5.76. The van der Waals surface area contributed by atoms with Gasteiger partial charge in [0.25, 0.3) is 0 Å². The Bertz CT molecular complexity index is 326. The lowest BCUT2D eigenvalue weighted by atomic mass is 10.0. The molecule has 1 aromatic carbocycles. The zero-order valence-corrected chi connectivity index (χ0v) is 10.3. The Morgan fingerprint density at radius 2 is 2.00 bits per heavy atom. The Morgan fingerprint density at radius 3 is 2.56 bits per heavy atom. The molecule has 1 unspecified atom stereocenters. The lowest BCUT2D eigenvalue weighted by molar-refractivity contribution is 0.310. The molecule has 1 rings (SSSR count). The van der Waals surface area contributed by atoms with Crippen molar-refractivity contribution in [2.75, 3.05) is 13.7 Å². The Kier molecular flexibility index (Phi) is 5.12. The topological polar surface area (TPSA) is 44.5 Å². The van der Waals surface area contributed by atoms with E-state index in [0.29, 0.717) is 6.61 Å². The van der Waals surface area contributed by atoms with Crippen molar-refractivity contribution in [3.8, 4) is 11.5 Å². The molecule has 0 aromatic heterocycles. The van der Waals surface area contributed by atoms with Gasteiger partial charge in [-0.05, 0) is 37.5 Å². The van der Waals surface area contributed by atoms with Crippen LogP contribution in [0.2, 0.25) is 0 Å². The van der Waals surface area contributed by atoms with Crippen LogP contribution in [0.1, 0.15) is 25.8 Å². The number of ether oxygens (including phenoxy) is 2. The van der Waals surface area contributed by atoms with Gasteiger partial charge in [-0.1, -0.05) is 13.0 Å². The molecule has 0 fully saturated rings. The largest absolute Gasteiger partial charge is 0.493 e. The maximum absolute atomic E-state index is 5.93. The van der Waals surface area contributed by atoms with Gasteiger partial charge in [0.1, 0.15) is 0 Å². The van der Waals surface area contributed by atoms with Gasteiger partial charge in [-0.3, -0.25) is 0 Å². The SMILES string of the molecule is CCOc1cc(CC(N)CC)ccc1OC. The van der Waals surface area contributed by atoms with E-state index in [1.54, 1.807) is 7.11 Å². The fraction of sp³-hybridized carbons (Fsp3) is 0.538. The minimum atomic E-state index is 0.211. The van der Waals surface area contributed by atoms with Crippen LogP contribution < -0.4 is 15.2 Å². The molecule has 0 saturated carbocycles. The first-order chi connectivity index (χ1) is 7.71. The lowest BCUT2D eigenvalue weighted by Crippen LogP contribution is -2.21. The van der Waals surface area contributed by atoms with Gasteiger partial charge >= 0.3 is 0 Å². The molecule has 0 heterocycles. The van der Waals surface area contributed by atoms with Gasteiger partial charge < -0.3 is 15.2 Å². The number of hydrogen-bond acceptors (Lipinski definition) is 3. The van der Waals surface area contributed by atoms with E-state index in [1.165, 1.54) is 5.56 Å². The third kappa shape index (κ3) is 3.42. The molecule has 0 bridgehead atoms. The van der Waals surface area contributed by atoms with Gasteiger partial charge in [-0.25, -0.2) is 0 Å². The maximum Gasteiger partial charge on any atom is 0.161 e. The monoisotopic (exact) mass is 223 g/mol. The predicted molar refractivity (Wildman–Crippen MR) is 66.1 cm³/mol. The molecule has 0 radical (unpaired) electrons. The highest BCUT2D eigenvalue weighted by Crippen LogP contribution is 2.28. The van der Waals surface area contributed by atoms with Crippen LogP contribution in [0.15, 0.2) is 18.2 Å². The summed E-state index contributed by atoms with van der Waals surface area (Å²) < 4.78 is 10.7. The van der Waals surface area contributed by atoms with Crippen molar-refractivity contribution in [1.82, 2.24) is 0 Å². The van der Waals surface area contributed by atoms with Crippen molar-refractivity contribution in [3.05, 3.63) is 23.8 Å². The highest BCUT2D eigenvalue weighted by molar-refractivity contribution is 5.43. The molecule has 2 N–H and O–H groups in total. The third-order valence-corrected chi connectivity index (χ3v) is 2.55. The summed E-state index contributed by atoms with van der Waals surface area (Å²) >= 11 is 0. The second kappa shape index (κ2) is 6.38. The number of nitrogens with two attached hydrogens (primary N) is 1. The quantitative estimate of drug-likeness (QED) is 0.805. The second-order valence-electron chi connectivity index (χ2n) is 3.79. The summed E-state index contributed by atoms with van der Waals surface area (Å²) in [4.78, 5) is 0. The summed E-state index contributed by atoms with van der Waals surface area (Å²) in [7, 11) is 1.65. The van der Waals surface area contributed by atoms with Gasteiger partial charge in [0.15, 0.2) is 11.5 Å². The number of benzene rings is 1. The van der Waals surface area contributed by atoms with Gasteiger partial charge in [-0.2, -0.15) is 0 Å².